The fourth-order valence-electron chi connectivity index (χ4n) is 1.21. The molecule has 0 saturated carbocycles. The summed E-state index contributed by atoms with van der Waals surface area (Å²) in [5.74, 6) is 0.388. The predicted octanol–water partition coefficient (Wildman–Crippen LogP) is 0.229. The van der Waals surface area contributed by atoms with E-state index >= 15 is 0 Å². The zero-order valence-electron chi connectivity index (χ0n) is 8.89. The van der Waals surface area contributed by atoms with Crippen LogP contribution in [0.1, 0.15) is 12.0 Å². The lowest BCUT2D eigenvalue weighted by Gasteiger charge is -2.12. The molecule has 0 unspecified atom stereocenters. The average molecular weight is 221 g/mol. The highest BCUT2D eigenvalue weighted by atomic mass is 16.5. The molecule has 5 heteroatoms. The Morgan fingerprint density at radius 3 is 2.88 bits per heavy atom. The predicted molar refractivity (Wildman–Crippen MR) is 60.7 cm³/mol. The highest BCUT2D eigenvalue weighted by Gasteiger charge is 2.07. The minimum atomic E-state index is -0.627. The van der Waals surface area contributed by atoms with Crippen LogP contribution in [0.25, 0.3) is 0 Å². The third-order valence-corrected chi connectivity index (χ3v) is 2.06. The number of nitriles is 1. The first-order valence-electron chi connectivity index (χ1n) is 4.98. The van der Waals surface area contributed by atoms with Crippen LogP contribution in [0.2, 0.25) is 0 Å². The normalized spacial score (nSPS) is 11.8. The summed E-state index contributed by atoms with van der Waals surface area (Å²) in [6, 6.07) is 6.76. The third kappa shape index (κ3) is 3.42. The number of anilines is 1. The van der Waals surface area contributed by atoms with E-state index in [2.05, 4.69) is 0 Å². The molecule has 0 aliphatic carbocycles. The van der Waals surface area contributed by atoms with Crippen molar-refractivity contribution in [2.45, 2.75) is 12.5 Å². The van der Waals surface area contributed by atoms with Crippen molar-refractivity contribution in [1.29, 1.82) is 5.26 Å². The fourth-order valence-corrected chi connectivity index (χ4v) is 1.21. The molecule has 0 heterocycles. The van der Waals surface area contributed by atoms with Crippen LogP contribution in [0.15, 0.2) is 18.2 Å². The van der Waals surface area contributed by atoms with Gasteiger partial charge in [0.1, 0.15) is 18.4 Å². The van der Waals surface area contributed by atoms with Gasteiger partial charge in [0.15, 0.2) is 0 Å². The Hall–Kier alpha value is -1.77. The summed E-state index contributed by atoms with van der Waals surface area (Å²) in [5, 5.41) is 18.2. The summed E-state index contributed by atoms with van der Waals surface area (Å²) >= 11 is 0. The molecule has 0 fully saturated rings. The van der Waals surface area contributed by atoms with Crippen molar-refractivity contribution in [3.63, 3.8) is 0 Å². The summed E-state index contributed by atoms with van der Waals surface area (Å²) < 4.78 is 5.32. The zero-order chi connectivity index (χ0) is 12.0. The van der Waals surface area contributed by atoms with Crippen molar-refractivity contribution in [3.8, 4) is 11.8 Å². The van der Waals surface area contributed by atoms with Crippen molar-refractivity contribution in [3.05, 3.63) is 23.8 Å². The molecule has 1 aromatic rings. The molecule has 0 spiro atoms. The number of benzene rings is 1. The van der Waals surface area contributed by atoms with Gasteiger partial charge in [0.05, 0.1) is 11.7 Å². The van der Waals surface area contributed by atoms with Crippen molar-refractivity contribution in [1.82, 2.24) is 0 Å². The number of ether oxygens (including phenoxy) is 1. The molecule has 0 amide bonds. The van der Waals surface area contributed by atoms with Crippen LogP contribution in [0.4, 0.5) is 5.69 Å². The minimum absolute atomic E-state index is 0.106. The Morgan fingerprint density at radius 1 is 1.50 bits per heavy atom. The summed E-state index contributed by atoms with van der Waals surface area (Å²) in [4.78, 5) is 0. The maximum Gasteiger partial charge on any atom is 0.139 e. The lowest BCUT2D eigenvalue weighted by atomic mass is 10.2. The van der Waals surface area contributed by atoms with Crippen LogP contribution >= 0.6 is 0 Å². The quantitative estimate of drug-likeness (QED) is 0.617. The van der Waals surface area contributed by atoms with Gasteiger partial charge in [0.2, 0.25) is 0 Å². The summed E-state index contributed by atoms with van der Waals surface area (Å²) in [5.41, 5.74) is 11.8. The molecule has 5 N–H and O–H groups in total. The second kappa shape index (κ2) is 5.95. The standard InChI is InChI=1S/C11H15N3O2/c12-4-3-10(15)7-16-11-5-9(14)2-1-8(11)6-13/h1-2,5,10,15H,3-4,7,12,14H2/t10-/m0/s1. The van der Waals surface area contributed by atoms with Gasteiger partial charge < -0.3 is 21.3 Å². The molecule has 1 rings (SSSR count). The second-order valence-corrected chi connectivity index (χ2v) is 3.41. The van der Waals surface area contributed by atoms with Crippen LogP contribution in [0.3, 0.4) is 0 Å². The van der Waals surface area contributed by atoms with Crippen LogP contribution in [0, 0.1) is 11.3 Å². The molecule has 1 aromatic carbocycles. The number of hydrogen-bond donors (Lipinski definition) is 3. The topological polar surface area (TPSA) is 105 Å². The van der Waals surface area contributed by atoms with E-state index in [9.17, 15) is 5.11 Å². The molecule has 0 bridgehead atoms. The molecule has 0 saturated heterocycles. The van der Waals surface area contributed by atoms with Gasteiger partial charge in [-0.05, 0) is 25.1 Å². The lowest BCUT2D eigenvalue weighted by molar-refractivity contribution is 0.102. The van der Waals surface area contributed by atoms with E-state index in [1.807, 2.05) is 6.07 Å². The first kappa shape index (κ1) is 12.3. The number of nitrogen functional groups attached to an aromatic ring is 1. The van der Waals surface area contributed by atoms with E-state index in [4.69, 9.17) is 21.5 Å². The van der Waals surface area contributed by atoms with Gasteiger partial charge >= 0.3 is 0 Å². The molecule has 1 atom stereocenters. The van der Waals surface area contributed by atoms with E-state index in [0.29, 0.717) is 30.0 Å². The maximum absolute atomic E-state index is 9.42. The van der Waals surface area contributed by atoms with Crippen molar-refractivity contribution in [2.75, 3.05) is 18.9 Å². The molecular formula is C11H15N3O2. The van der Waals surface area contributed by atoms with Crippen LogP contribution in [-0.4, -0.2) is 24.4 Å². The van der Waals surface area contributed by atoms with Crippen molar-refractivity contribution < 1.29 is 9.84 Å². The Balaban J connectivity index is 2.66. The molecule has 86 valence electrons. The monoisotopic (exact) mass is 221 g/mol. The van der Waals surface area contributed by atoms with E-state index in [-0.39, 0.29) is 6.61 Å². The fraction of sp³-hybridized carbons (Fsp3) is 0.364. The van der Waals surface area contributed by atoms with E-state index in [0.717, 1.165) is 0 Å². The maximum atomic E-state index is 9.42. The van der Waals surface area contributed by atoms with E-state index < -0.39 is 6.10 Å². The average Bonchev–Trinajstić information content (AvgIpc) is 2.27. The summed E-state index contributed by atoms with van der Waals surface area (Å²) in [6.07, 6.45) is -0.164. The van der Waals surface area contributed by atoms with Crippen molar-refractivity contribution >= 4 is 5.69 Å². The second-order valence-electron chi connectivity index (χ2n) is 3.41. The van der Waals surface area contributed by atoms with Gasteiger partial charge in [-0.15, -0.1) is 0 Å². The Kier molecular flexibility index (Phi) is 4.58. The van der Waals surface area contributed by atoms with Gasteiger partial charge in [-0.1, -0.05) is 0 Å². The number of aliphatic hydroxyl groups is 1. The van der Waals surface area contributed by atoms with Crippen molar-refractivity contribution in [2.24, 2.45) is 5.73 Å². The number of aliphatic hydroxyl groups excluding tert-OH is 1. The lowest BCUT2D eigenvalue weighted by Crippen LogP contribution is -2.21. The van der Waals surface area contributed by atoms with Crippen LogP contribution < -0.4 is 16.2 Å². The molecule has 0 aliphatic heterocycles. The molecule has 5 nitrogen and oxygen atoms in total. The highest BCUT2D eigenvalue weighted by molar-refractivity contribution is 5.52. The summed E-state index contributed by atoms with van der Waals surface area (Å²) in [6.45, 7) is 0.502. The van der Waals surface area contributed by atoms with E-state index in [1.54, 1.807) is 18.2 Å². The Morgan fingerprint density at radius 2 is 2.25 bits per heavy atom. The van der Waals surface area contributed by atoms with Gasteiger partial charge in [-0.3, -0.25) is 0 Å². The molecular weight excluding hydrogens is 206 g/mol. The van der Waals surface area contributed by atoms with Gasteiger partial charge in [0, 0.05) is 11.8 Å². The number of hydrogen-bond acceptors (Lipinski definition) is 5. The van der Waals surface area contributed by atoms with E-state index in [1.165, 1.54) is 0 Å². The number of rotatable bonds is 5. The molecule has 0 aromatic heterocycles. The van der Waals surface area contributed by atoms with Crippen LogP contribution in [-0.2, 0) is 0 Å². The third-order valence-electron chi connectivity index (χ3n) is 2.06. The molecule has 16 heavy (non-hydrogen) atoms. The largest absolute Gasteiger partial charge is 0.489 e. The number of nitrogens with two attached hydrogens (primary N) is 2. The van der Waals surface area contributed by atoms with Gasteiger partial charge in [0.25, 0.3) is 0 Å². The zero-order valence-corrected chi connectivity index (χ0v) is 8.89. The molecule has 0 aliphatic rings. The Labute approximate surface area is 94.2 Å². The minimum Gasteiger partial charge on any atom is -0.489 e. The first-order valence-corrected chi connectivity index (χ1v) is 4.98. The SMILES string of the molecule is N#Cc1ccc(N)cc1OC[C@@H](O)CCN. The Bertz CT molecular complexity index is 387. The van der Waals surface area contributed by atoms with Gasteiger partial charge in [-0.25, -0.2) is 0 Å². The number of nitrogens with zero attached hydrogens (tertiary/aromatic N) is 1. The first-order chi connectivity index (χ1) is 7.67. The smallest absolute Gasteiger partial charge is 0.139 e. The van der Waals surface area contributed by atoms with Crippen LogP contribution in [0.5, 0.6) is 5.75 Å². The highest BCUT2D eigenvalue weighted by Crippen LogP contribution is 2.21. The molecule has 0 radical (unpaired) electrons. The van der Waals surface area contributed by atoms with Gasteiger partial charge in [-0.2, -0.15) is 5.26 Å². The summed E-state index contributed by atoms with van der Waals surface area (Å²) in [7, 11) is 0.